The Labute approximate surface area is 217 Å². The Kier molecular flexibility index (Phi) is 9.16. The van der Waals surface area contributed by atoms with Crippen molar-refractivity contribution in [2.24, 2.45) is 0 Å². The van der Waals surface area contributed by atoms with Crippen LogP contribution in [-0.2, 0) is 11.2 Å². The summed E-state index contributed by atoms with van der Waals surface area (Å²) < 4.78 is 67.0. The summed E-state index contributed by atoms with van der Waals surface area (Å²) in [6.45, 7) is 5.01. The van der Waals surface area contributed by atoms with Crippen LogP contribution in [0.15, 0.2) is 72.9 Å². The quantitative estimate of drug-likeness (QED) is 0.297. The number of aromatic nitrogens is 1. The molecule has 0 aliphatic rings. The van der Waals surface area contributed by atoms with E-state index < -0.39 is 42.1 Å². The lowest BCUT2D eigenvalue weighted by Crippen LogP contribution is -2.43. The van der Waals surface area contributed by atoms with Gasteiger partial charge in [0.1, 0.15) is 17.1 Å². The number of pyridine rings is 1. The summed E-state index contributed by atoms with van der Waals surface area (Å²) in [5.41, 5.74) is -0.0718. The first kappa shape index (κ1) is 28.7. The second kappa shape index (κ2) is 12.1. The van der Waals surface area contributed by atoms with E-state index in [0.717, 1.165) is 12.1 Å². The molecule has 0 radical (unpaired) electrons. The predicted molar refractivity (Wildman–Crippen MR) is 131 cm³/mol. The van der Waals surface area contributed by atoms with E-state index in [1.165, 1.54) is 12.1 Å². The van der Waals surface area contributed by atoms with Gasteiger partial charge in [-0.25, -0.2) is 9.78 Å². The van der Waals surface area contributed by atoms with E-state index in [9.17, 15) is 27.5 Å². The molecule has 3 rings (SSSR count). The monoisotopic (exact) mass is 536 g/mol. The summed E-state index contributed by atoms with van der Waals surface area (Å²) in [4.78, 5) is 16.6. The van der Waals surface area contributed by atoms with Crippen LogP contribution >= 0.6 is 0 Å². The molecule has 0 aliphatic carbocycles. The number of aliphatic hydroxyl groups excluding tert-OH is 1. The van der Waals surface area contributed by atoms with E-state index in [0.29, 0.717) is 22.8 Å². The maximum atomic E-state index is 13.4. The molecule has 2 unspecified atom stereocenters. The van der Waals surface area contributed by atoms with Crippen molar-refractivity contribution in [3.8, 4) is 17.4 Å². The molecule has 7 nitrogen and oxygen atoms in total. The van der Waals surface area contributed by atoms with Crippen LogP contribution in [0.4, 0.5) is 22.4 Å². The number of rotatable bonds is 10. The minimum Gasteiger partial charge on any atom is -0.444 e. The Morgan fingerprint density at radius 3 is 2.32 bits per heavy atom. The molecule has 2 N–H and O–H groups in total. The number of alkyl carbamates (subject to hydrolysis) is 1. The third-order valence-electron chi connectivity index (χ3n) is 5.03. The molecular weight excluding hydrogens is 508 g/mol. The number of aliphatic hydroxyl groups is 1. The van der Waals surface area contributed by atoms with Crippen molar-refractivity contribution in [3.63, 3.8) is 0 Å². The van der Waals surface area contributed by atoms with E-state index in [2.05, 4.69) is 15.0 Å². The minimum atomic E-state index is -4.68. The third kappa shape index (κ3) is 8.62. The van der Waals surface area contributed by atoms with Crippen molar-refractivity contribution >= 4 is 6.09 Å². The van der Waals surface area contributed by atoms with Gasteiger partial charge < -0.3 is 24.6 Å². The first-order valence-corrected chi connectivity index (χ1v) is 11.6. The number of halogens is 4. The van der Waals surface area contributed by atoms with Crippen molar-refractivity contribution in [1.82, 2.24) is 10.3 Å². The van der Waals surface area contributed by atoms with Crippen LogP contribution < -0.4 is 14.8 Å². The molecular formula is C27H28F4N2O5. The number of hydrogen-bond acceptors (Lipinski definition) is 6. The number of alkyl halides is 4. The van der Waals surface area contributed by atoms with Gasteiger partial charge >= 0.3 is 18.6 Å². The smallest absolute Gasteiger partial charge is 0.444 e. The largest absolute Gasteiger partial charge is 0.461 e. The number of benzene rings is 2. The van der Waals surface area contributed by atoms with Crippen LogP contribution in [-0.4, -0.2) is 40.4 Å². The predicted octanol–water partition coefficient (Wildman–Crippen LogP) is 6.28. The summed E-state index contributed by atoms with van der Waals surface area (Å²) in [6, 6.07) is 15.7. The Bertz CT molecular complexity index is 1190. The summed E-state index contributed by atoms with van der Waals surface area (Å²) in [5.74, 6) is 0.347. The van der Waals surface area contributed by atoms with Gasteiger partial charge in [0.2, 0.25) is 5.88 Å². The molecule has 11 heteroatoms. The second-order valence-corrected chi connectivity index (χ2v) is 9.35. The molecule has 1 heterocycles. The summed E-state index contributed by atoms with van der Waals surface area (Å²) in [6.07, 6.45) is -9.25. The molecule has 1 aromatic heterocycles. The first-order chi connectivity index (χ1) is 17.8. The molecule has 3 aromatic rings. The molecule has 0 spiro atoms. The molecule has 2 atom stereocenters. The number of nitrogens with one attached hydrogen (secondary N) is 1. The molecule has 0 saturated heterocycles. The number of nitrogens with zero attached hydrogens (tertiary/aromatic N) is 1. The van der Waals surface area contributed by atoms with Gasteiger partial charge in [-0.2, -0.15) is 17.6 Å². The first-order valence-electron chi connectivity index (χ1n) is 11.6. The fraction of sp³-hybridized carbons (Fsp3) is 0.333. The van der Waals surface area contributed by atoms with Crippen LogP contribution in [0.2, 0.25) is 0 Å². The Hall–Kier alpha value is -3.86. The van der Waals surface area contributed by atoms with Crippen molar-refractivity contribution in [1.29, 1.82) is 0 Å². The topological polar surface area (TPSA) is 89.9 Å². The van der Waals surface area contributed by atoms with Crippen molar-refractivity contribution in [2.45, 2.75) is 57.5 Å². The summed E-state index contributed by atoms with van der Waals surface area (Å²) >= 11 is 0. The van der Waals surface area contributed by atoms with Crippen molar-refractivity contribution < 1.29 is 41.7 Å². The van der Waals surface area contributed by atoms with Gasteiger partial charge in [0.25, 0.3) is 0 Å². The van der Waals surface area contributed by atoms with Crippen LogP contribution in [0, 0.1) is 0 Å². The fourth-order valence-electron chi connectivity index (χ4n) is 3.39. The Balaban J connectivity index is 1.80. The molecule has 0 saturated carbocycles. The van der Waals surface area contributed by atoms with Crippen LogP contribution in [0.25, 0.3) is 0 Å². The lowest BCUT2D eigenvalue weighted by atomic mass is 9.96. The third-order valence-corrected chi connectivity index (χ3v) is 5.03. The number of hydrogen-bond donors (Lipinski definition) is 2. The lowest BCUT2D eigenvalue weighted by molar-refractivity contribution is -0.253. The highest BCUT2D eigenvalue weighted by Gasteiger charge is 2.44. The second-order valence-electron chi connectivity index (χ2n) is 9.35. The van der Waals surface area contributed by atoms with E-state index in [1.54, 1.807) is 69.4 Å². The van der Waals surface area contributed by atoms with E-state index >= 15 is 0 Å². The van der Waals surface area contributed by atoms with Crippen LogP contribution in [0.5, 0.6) is 17.4 Å². The van der Waals surface area contributed by atoms with Crippen LogP contribution in [0.1, 0.15) is 38.0 Å². The zero-order valence-corrected chi connectivity index (χ0v) is 20.9. The maximum absolute atomic E-state index is 13.4. The SMILES string of the molecule is CC(C)(C)OC(=O)NC(Cc1cccc(OC(F)(F)C(F)F)c1)C(O)c1ccc(Oc2ccccn2)cc1. The average molecular weight is 537 g/mol. The number of amides is 1. The highest BCUT2D eigenvalue weighted by Crippen LogP contribution is 2.29. The van der Waals surface area contributed by atoms with Gasteiger partial charge in [0, 0.05) is 12.3 Å². The Morgan fingerprint density at radius 1 is 1.00 bits per heavy atom. The van der Waals surface area contributed by atoms with E-state index in [1.807, 2.05) is 0 Å². The van der Waals surface area contributed by atoms with Gasteiger partial charge in [-0.05, 0) is 68.7 Å². The van der Waals surface area contributed by atoms with Gasteiger partial charge in [0.05, 0.1) is 12.1 Å². The zero-order chi connectivity index (χ0) is 27.9. The highest BCUT2D eigenvalue weighted by atomic mass is 19.3. The summed E-state index contributed by atoms with van der Waals surface area (Å²) in [7, 11) is 0. The van der Waals surface area contributed by atoms with Gasteiger partial charge in [-0.3, -0.25) is 0 Å². The lowest BCUT2D eigenvalue weighted by Gasteiger charge is -2.27. The molecule has 1 amide bonds. The Morgan fingerprint density at radius 2 is 1.71 bits per heavy atom. The molecule has 2 aromatic carbocycles. The standard InChI is InChI=1S/C27H28F4N2O5/c1-26(2,3)38-25(35)33-21(16-17-7-6-8-20(15-17)37-27(30,31)24(28)29)23(34)18-10-12-19(13-11-18)36-22-9-4-5-14-32-22/h4-15,21,23-24,34H,16H2,1-3H3,(H,33,35). The van der Waals surface area contributed by atoms with Gasteiger partial charge in [0.15, 0.2) is 0 Å². The number of ether oxygens (including phenoxy) is 3. The van der Waals surface area contributed by atoms with Gasteiger partial charge in [-0.15, -0.1) is 0 Å². The van der Waals surface area contributed by atoms with Crippen LogP contribution in [0.3, 0.4) is 0 Å². The highest BCUT2D eigenvalue weighted by molar-refractivity contribution is 5.68. The van der Waals surface area contributed by atoms with E-state index in [-0.39, 0.29) is 6.42 Å². The fourth-order valence-corrected chi connectivity index (χ4v) is 3.39. The molecule has 204 valence electrons. The summed E-state index contributed by atoms with van der Waals surface area (Å²) in [5, 5.41) is 13.7. The number of carbonyl (C=O) groups excluding carboxylic acids is 1. The average Bonchev–Trinajstić information content (AvgIpc) is 2.83. The number of carbonyl (C=O) groups is 1. The van der Waals surface area contributed by atoms with Crippen molar-refractivity contribution in [3.05, 3.63) is 84.1 Å². The zero-order valence-electron chi connectivity index (χ0n) is 20.9. The molecule has 0 bridgehead atoms. The van der Waals surface area contributed by atoms with Gasteiger partial charge in [-0.1, -0.05) is 30.3 Å². The molecule has 0 aliphatic heterocycles. The molecule has 0 fully saturated rings. The molecule has 38 heavy (non-hydrogen) atoms. The van der Waals surface area contributed by atoms with E-state index in [4.69, 9.17) is 9.47 Å². The van der Waals surface area contributed by atoms with Crippen molar-refractivity contribution in [2.75, 3.05) is 0 Å². The normalized spacial score (nSPS) is 13.5. The minimum absolute atomic E-state index is 0.0654. The maximum Gasteiger partial charge on any atom is 0.461 e.